The standard InChI is InChI=1S/C7H7N3OS/c1-11-5-4-2-3-12-6(4)10-7(8)9-5/h2-3H,1H3,(H2,8,9,10). The van der Waals surface area contributed by atoms with Gasteiger partial charge in [-0.3, -0.25) is 0 Å². The Balaban J connectivity index is 2.80. The number of anilines is 1. The van der Waals surface area contributed by atoms with Crippen LogP contribution in [0.3, 0.4) is 0 Å². The quantitative estimate of drug-likeness (QED) is 0.720. The van der Waals surface area contributed by atoms with Crippen LogP contribution in [0.25, 0.3) is 10.2 Å². The first kappa shape index (κ1) is 7.30. The van der Waals surface area contributed by atoms with E-state index in [0.29, 0.717) is 5.88 Å². The van der Waals surface area contributed by atoms with Gasteiger partial charge in [0.1, 0.15) is 4.83 Å². The molecule has 62 valence electrons. The fourth-order valence-electron chi connectivity index (χ4n) is 1.000. The molecule has 0 saturated carbocycles. The van der Waals surface area contributed by atoms with Crippen LogP contribution < -0.4 is 10.5 Å². The van der Waals surface area contributed by atoms with Crippen molar-refractivity contribution in [2.45, 2.75) is 0 Å². The van der Waals surface area contributed by atoms with Gasteiger partial charge in [-0.05, 0) is 11.4 Å². The molecule has 0 aliphatic rings. The fraction of sp³-hybridized carbons (Fsp3) is 0.143. The first-order chi connectivity index (χ1) is 5.81. The molecule has 2 N–H and O–H groups in total. The van der Waals surface area contributed by atoms with Crippen molar-refractivity contribution in [3.05, 3.63) is 11.4 Å². The molecule has 2 aromatic heterocycles. The van der Waals surface area contributed by atoms with Gasteiger partial charge in [0.05, 0.1) is 12.5 Å². The molecule has 0 aromatic carbocycles. The zero-order valence-corrected chi connectivity index (χ0v) is 7.26. The molecule has 4 nitrogen and oxygen atoms in total. The summed E-state index contributed by atoms with van der Waals surface area (Å²) in [6.07, 6.45) is 0. The van der Waals surface area contributed by atoms with Gasteiger partial charge in [0, 0.05) is 0 Å². The Morgan fingerprint density at radius 3 is 3.08 bits per heavy atom. The Kier molecular flexibility index (Phi) is 1.58. The molecule has 0 unspecified atom stereocenters. The summed E-state index contributed by atoms with van der Waals surface area (Å²) in [5.41, 5.74) is 5.46. The second kappa shape index (κ2) is 2.60. The predicted molar refractivity (Wildman–Crippen MR) is 48.4 cm³/mol. The molecule has 12 heavy (non-hydrogen) atoms. The van der Waals surface area contributed by atoms with Gasteiger partial charge < -0.3 is 10.5 Å². The number of nitrogens with zero attached hydrogens (tertiary/aromatic N) is 2. The highest BCUT2D eigenvalue weighted by Crippen LogP contribution is 2.26. The van der Waals surface area contributed by atoms with Crippen LogP contribution in [-0.4, -0.2) is 17.1 Å². The summed E-state index contributed by atoms with van der Waals surface area (Å²) in [4.78, 5) is 8.85. The van der Waals surface area contributed by atoms with Crippen LogP contribution in [0.4, 0.5) is 5.95 Å². The number of rotatable bonds is 1. The number of fused-ring (bicyclic) bond motifs is 1. The third-order valence-electron chi connectivity index (χ3n) is 1.50. The van der Waals surface area contributed by atoms with E-state index in [0.717, 1.165) is 10.2 Å². The Labute approximate surface area is 73.0 Å². The highest BCUT2D eigenvalue weighted by Gasteiger charge is 2.06. The van der Waals surface area contributed by atoms with Crippen LogP contribution in [0, 0.1) is 0 Å². The van der Waals surface area contributed by atoms with Crippen LogP contribution >= 0.6 is 11.3 Å². The molecule has 0 aliphatic carbocycles. The number of hydrogen-bond donors (Lipinski definition) is 1. The number of nitrogen functional groups attached to an aromatic ring is 1. The SMILES string of the molecule is COc1nc(N)nc2sccc12. The second-order valence-corrected chi connectivity index (χ2v) is 3.13. The van der Waals surface area contributed by atoms with Crippen LogP contribution in [0.2, 0.25) is 0 Å². The maximum absolute atomic E-state index is 5.46. The molecular formula is C7H7N3OS. The summed E-state index contributed by atoms with van der Waals surface area (Å²) in [6.45, 7) is 0. The van der Waals surface area contributed by atoms with E-state index in [1.807, 2.05) is 11.4 Å². The Hall–Kier alpha value is -1.36. The van der Waals surface area contributed by atoms with Crippen LogP contribution in [0.15, 0.2) is 11.4 Å². The smallest absolute Gasteiger partial charge is 0.226 e. The molecule has 2 aromatic rings. The van der Waals surface area contributed by atoms with Crippen molar-refractivity contribution in [1.82, 2.24) is 9.97 Å². The maximum atomic E-state index is 5.46. The summed E-state index contributed by atoms with van der Waals surface area (Å²) >= 11 is 1.52. The van der Waals surface area contributed by atoms with Gasteiger partial charge in [-0.15, -0.1) is 11.3 Å². The van der Waals surface area contributed by atoms with Gasteiger partial charge in [0.2, 0.25) is 11.8 Å². The van der Waals surface area contributed by atoms with E-state index < -0.39 is 0 Å². The van der Waals surface area contributed by atoms with Gasteiger partial charge in [-0.25, -0.2) is 4.98 Å². The van der Waals surface area contributed by atoms with Gasteiger partial charge in [0.15, 0.2) is 0 Å². The fourth-order valence-corrected chi connectivity index (χ4v) is 1.76. The second-order valence-electron chi connectivity index (χ2n) is 2.23. The number of thiophene rings is 1. The molecule has 0 aliphatic heterocycles. The monoisotopic (exact) mass is 181 g/mol. The molecule has 0 atom stereocenters. The topological polar surface area (TPSA) is 61.0 Å². The molecule has 2 rings (SSSR count). The normalized spacial score (nSPS) is 10.4. The summed E-state index contributed by atoms with van der Waals surface area (Å²) in [5.74, 6) is 0.792. The first-order valence-corrected chi connectivity index (χ1v) is 4.24. The van der Waals surface area contributed by atoms with Crippen LogP contribution in [0.1, 0.15) is 0 Å². The van der Waals surface area contributed by atoms with Crippen molar-refractivity contribution in [2.75, 3.05) is 12.8 Å². The average molecular weight is 181 g/mol. The van der Waals surface area contributed by atoms with Crippen molar-refractivity contribution in [1.29, 1.82) is 0 Å². The summed E-state index contributed by atoms with van der Waals surface area (Å²) in [6, 6.07) is 1.91. The van der Waals surface area contributed by atoms with Crippen LogP contribution in [0.5, 0.6) is 5.88 Å². The van der Waals surface area contributed by atoms with E-state index in [9.17, 15) is 0 Å². The zero-order chi connectivity index (χ0) is 8.55. The molecule has 0 bridgehead atoms. The third kappa shape index (κ3) is 0.984. The van der Waals surface area contributed by atoms with Crippen molar-refractivity contribution in [2.24, 2.45) is 0 Å². The molecule has 2 heterocycles. The minimum Gasteiger partial charge on any atom is -0.480 e. The van der Waals surface area contributed by atoms with Crippen molar-refractivity contribution < 1.29 is 4.74 Å². The van der Waals surface area contributed by atoms with Gasteiger partial charge in [0.25, 0.3) is 0 Å². The van der Waals surface area contributed by atoms with Crippen molar-refractivity contribution >= 4 is 27.5 Å². The Morgan fingerprint density at radius 2 is 2.33 bits per heavy atom. The van der Waals surface area contributed by atoms with Crippen molar-refractivity contribution in [3.63, 3.8) is 0 Å². The summed E-state index contributed by atoms with van der Waals surface area (Å²) < 4.78 is 5.04. The number of methoxy groups -OCH3 is 1. The minimum absolute atomic E-state index is 0.252. The number of nitrogens with two attached hydrogens (primary N) is 1. The average Bonchev–Trinajstić information content (AvgIpc) is 2.50. The Bertz CT molecular complexity index is 412. The number of hydrogen-bond acceptors (Lipinski definition) is 5. The van der Waals surface area contributed by atoms with E-state index in [-0.39, 0.29) is 5.95 Å². The van der Waals surface area contributed by atoms with Gasteiger partial charge in [-0.1, -0.05) is 0 Å². The first-order valence-electron chi connectivity index (χ1n) is 3.36. The molecular weight excluding hydrogens is 174 g/mol. The largest absolute Gasteiger partial charge is 0.480 e. The highest BCUT2D eigenvalue weighted by molar-refractivity contribution is 7.16. The predicted octanol–water partition coefficient (Wildman–Crippen LogP) is 1.28. The van der Waals surface area contributed by atoms with E-state index >= 15 is 0 Å². The number of ether oxygens (including phenoxy) is 1. The van der Waals surface area contributed by atoms with Crippen molar-refractivity contribution in [3.8, 4) is 5.88 Å². The van der Waals surface area contributed by atoms with Gasteiger partial charge >= 0.3 is 0 Å². The molecule has 0 amide bonds. The zero-order valence-electron chi connectivity index (χ0n) is 6.44. The maximum Gasteiger partial charge on any atom is 0.226 e. The lowest BCUT2D eigenvalue weighted by Gasteiger charge is -1.99. The van der Waals surface area contributed by atoms with Gasteiger partial charge in [-0.2, -0.15) is 4.98 Å². The molecule has 0 spiro atoms. The summed E-state index contributed by atoms with van der Waals surface area (Å²) in [7, 11) is 1.57. The van der Waals surface area contributed by atoms with E-state index in [1.54, 1.807) is 7.11 Å². The third-order valence-corrected chi connectivity index (χ3v) is 2.31. The molecule has 0 fully saturated rings. The lowest BCUT2D eigenvalue weighted by Crippen LogP contribution is -1.96. The summed E-state index contributed by atoms with van der Waals surface area (Å²) in [5, 5.41) is 2.85. The van der Waals surface area contributed by atoms with Crippen LogP contribution in [-0.2, 0) is 0 Å². The molecule has 5 heteroatoms. The molecule has 0 saturated heterocycles. The highest BCUT2D eigenvalue weighted by atomic mass is 32.1. The lowest BCUT2D eigenvalue weighted by molar-refractivity contribution is 0.403. The molecule has 0 radical (unpaired) electrons. The lowest BCUT2D eigenvalue weighted by atomic mass is 10.4. The number of aromatic nitrogens is 2. The Morgan fingerprint density at radius 1 is 1.50 bits per heavy atom. The minimum atomic E-state index is 0.252. The van der Waals surface area contributed by atoms with E-state index in [1.165, 1.54) is 11.3 Å². The van der Waals surface area contributed by atoms with E-state index in [4.69, 9.17) is 10.5 Å². The van der Waals surface area contributed by atoms with E-state index in [2.05, 4.69) is 9.97 Å².